The van der Waals surface area contributed by atoms with Gasteiger partial charge in [-0.05, 0) is 79.1 Å². The lowest BCUT2D eigenvalue weighted by atomic mass is 9.94. The molecule has 2 N–H and O–H groups in total. The first-order chi connectivity index (χ1) is 22.5. The highest BCUT2D eigenvalue weighted by molar-refractivity contribution is 6.04. The number of pyridine rings is 1. The van der Waals surface area contributed by atoms with E-state index in [9.17, 15) is 14.4 Å². The Morgan fingerprint density at radius 3 is 2.37 bits per heavy atom. The number of para-hydroxylation sites is 1. The minimum Gasteiger partial charge on any atom is -0.497 e. The summed E-state index contributed by atoms with van der Waals surface area (Å²) in [6.07, 6.45) is 6.58. The van der Waals surface area contributed by atoms with Crippen LogP contribution in [0.4, 0.5) is 11.4 Å². The lowest BCUT2D eigenvalue weighted by Gasteiger charge is -2.33. The van der Waals surface area contributed by atoms with Crippen molar-refractivity contribution in [3.05, 3.63) is 108 Å². The molecule has 0 radical (unpaired) electrons. The molecule has 2 aromatic heterocycles. The molecule has 11 heteroatoms. The first kappa shape index (κ1) is 30.4. The van der Waals surface area contributed by atoms with E-state index in [2.05, 4.69) is 25.9 Å². The quantitative estimate of drug-likeness (QED) is 0.217. The SMILES string of the molecule is COc1ccc([C@H](C(=O)NC2CCCCC2)N(C(=O)Cn2nnc3ccccc32)c2ccc(NC(=O)c3ccccn3)cc2)cc1. The fourth-order valence-corrected chi connectivity index (χ4v) is 5.80. The highest BCUT2D eigenvalue weighted by Crippen LogP contribution is 2.32. The predicted octanol–water partition coefficient (Wildman–Crippen LogP) is 5.31. The standard InChI is InChI=1S/C35H35N7O4/c1-46-28-20-14-24(15-21-28)33(35(45)38-25-9-3-2-4-10-25)42(32(43)23-41-31-13-6-5-11-29(31)39-40-41)27-18-16-26(17-19-27)37-34(44)30-12-7-8-22-36-30/h5-8,11-22,25,33H,2-4,9-10,23H2,1H3,(H,37,44)(H,38,45)/t33-/m1/s1. The third-order valence-corrected chi connectivity index (χ3v) is 8.16. The van der Waals surface area contributed by atoms with Crippen molar-refractivity contribution in [2.75, 3.05) is 17.3 Å². The van der Waals surface area contributed by atoms with E-state index < -0.39 is 6.04 Å². The number of carbonyl (C=O) groups is 3. The first-order valence-corrected chi connectivity index (χ1v) is 15.4. The van der Waals surface area contributed by atoms with E-state index >= 15 is 0 Å². The lowest BCUT2D eigenvalue weighted by molar-refractivity contribution is -0.127. The topological polar surface area (TPSA) is 131 Å². The van der Waals surface area contributed by atoms with E-state index in [1.807, 2.05) is 24.3 Å². The molecule has 1 atom stereocenters. The smallest absolute Gasteiger partial charge is 0.274 e. The van der Waals surface area contributed by atoms with Crippen molar-refractivity contribution < 1.29 is 19.1 Å². The number of nitrogens with zero attached hydrogens (tertiary/aromatic N) is 5. The van der Waals surface area contributed by atoms with Gasteiger partial charge in [0.05, 0.1) is 12.6 Å². The largest absolute Gasteiger partial charge is 0.497 e. The summed E-state index contributed by atoms with van der Waals surface area (Å²) in [7, 11) is 1.58. The molecular weight excluding hydrogens is 582 g/mol. The molecule has 0 aliphatic heterocycles. The van der Waals surface area contributed by atoms with Crippen LogP contribution < -0.4 is 20.3 Å². The van der Waals surface area contributed by atoms with Crippen molar-refractivity contribution in [2.45, 2.75) is 50.7 Å². The van der Waals surface area contributed by atoms with Gasteiger partial charge in [0.15, 0.2) is 0 Å². The van der Waals surface area contributed by atoms with Crippen molar-refractivity contribution in [1.29, 1.82) is 0 Å². The normalized spacial score (nSPS) is 13.9. The molecule has 1 fully saturated rings. The Hall–Kier alpha value is -5.58. The molecule has 234 valence electrons. The van der Waals surface area contributed by atoms with Gasteiger partial charge in [-0.3, -0.25) is 24.3 Å². The number of benzene rings is 3. The summed E-state index contributed by atoms with van der Waals surface area (Å²) in [6.45, 7) is -0.151. The van der Waals surface area contributed by atoms with Crippen LogP contribution in [0.15, 0.2) is 97.2 Å². The van der Waals surface area contributed by atoms with Gasteiger partial charge in [0.2, 0.25) is 11.8 Å². The molecule has 0 bridgehead atoms. The van der Waals surface area contributed by atoms with Crippen molar-refractivity contribution in [3.8, 4) is 5.75 Å². The van der Waals surface area contributed by atoms with Gasteiger partial charge in [-0.1, -0.05) is 54.8 Å². The monoisotopic (exact) mass is 617 g/mol. The fourth-order valence-electron chi connectivity index (χ4n) is 5.80. The summed E-state index contributed by atoms with van der Waals surface area (Å²) in [5.74, 6) is -0.362. The number of anilines is 2. The summed E-state index contributed by atoms with van der Waals surface area (Å²) < 4.78 is 6.91. The van der Waals surface area contributed by atoms with E-state index in [0.29, 0.717) is 33.7 Å². The summed E-state index contributed by atoms with van der Waals surface area (Å²) in [4.78, 5) is 47.0. The zero-order chi connectivity index (χ0) is 31.9. The van der Waals surface area contributed by atoms with Crippen LogP contribution in [-0.2, 0) is 16.1 Å². The number of methoxy groups -OCH3 is 1. The minimum atomic E-state index is -0.996. The van der Waals surface area contributed by atoms with Crippen molar-refractivity contribution in [1.82, 2.24) is 25.3 Å². The van der Waals surface area contributed by atoms with Crippen LogP contribution in [0.5, 0.6) is 5.75 Å². The second kappa shape index (κ2) is 14.0. The summed E-state index contributed by atoms with van der Waals surface area (Å²) >= 11 is 0. The molecule has 0 spiro atoms. The van der Waals surface area contributed by atoms with E-state index in [-0.39, 0.29) is 36.0 Å². The zero-order valence-corrected chi connectivity index (χ0v) is 25.5. The third-order valence-electron chi connectivity index (χ3n) is 8.16. The van der Waals surface area contributed by atoms with Gasteiger partial charge < -0.3 is 15.4 Å². The number of hydrogen-bond donors (Lipinski definition) is 2. The lowest BCUT2D eigenvalue weighted by Crippen LogP contribution is -2.48. The third kappa shape index (κ3) is 6.88. The van der Waals surface area contributed by atoms with Gasteiger partial charge in [0.1, 0.15) is 29.5 Å². The van der Waals surface area contributed by atoms with E-state index in [4.69, 9.17) is 4.74 Å². The Kier molecular flexibility index (Phi) is 9.28. The van der Waals surface area contributed by atoms with Gasteiger partial charge >= 0.3 is 0 Å². The van der Waals surface area contributed by atoms with Gasteiger partial charge in [-0.2, -0.15) is 0 Å². The molecule has 0 unspecified atom stereocenters. The fraction of sp³-hybridized carbons (Fsp3) is 0.257. The Morgan fingerprint density at radius 2 is 1.65 bits per heavy atom. The predicted molar refractivity (Wildman–Crippen MR) is 174 cm³/mol. The number of rotatable bonds is 10. The van der Waals surface area contributed by atoms with Crippen molar-refractivity contribution in [3.63, 3.8) is 0 Å². The maximum absolute atomic E-state index is 14.4. The molecule has 1 saturated carbocycles. The summed E-state index contributed by atoms with van der Waals surface area (Å²) in [5.41, 5.74) is 3.26. The van der Waals surface area contributed by atoms with Crippen LogP contribution in [0, 0.1) is 0 Å². The Labute approximate surface area is 266 Å². The number of nitrogens with one attached hydrogen (secondary N) is 2. The molecular formula is C35H35N7O4. The Balaban J connectivity index is 1.37. The van der Waals surface area contributed by atoms with Gasteiger partial charge in [-0.15, -0.1) is 5.10 Å². The van der Waals surface area contributed by atoms with Crippen molar-refractivity contribution >= 4 is 40.1 Å². The molecule has 0 saturated heterocycles. The van der Waals surface area contributed by atoms with Gasteiger partial charge in [0, 0.05) is 23.6 Å². The number of hydrogen-bond acceptors (Lipinski definition) is 7. The number of fused-ring (bicyclic) bond motifs is 1. The zero-order valence-electron chi connectivity index (χ0n) is 25.5. The van der Waals surface area contributed by atoms with Gasteiger partial charge in [0.25, 0.3) is 5.91 Å². The highest BCUT2D eigenvalue weighted by Gasteiger charge is 2.34. The molecule has 1 aliphatic carbocycles. The number of ether oxygens (including phenoxy) is 1. The summed E-state index contributed by atoms with van der Waals surface area (Å²) in [5, 5.41) is 14.5. The Bertz CT molecular complexity index is 1800. The first-order valence-electron chi connectivity index (χ1n) is 15.4. The van der Waals surface area contributed by atoms with Crippen LogP contribution in [-0.4, -0.2) is 50.9 Å². The van der Waals surface area contributed by atoms with E-state index in [1.165, 1.54) is 9.58 Å². The number of carbonyl (C=O) groups excluding carboxylic acids is 3. The molecule has 5 aromatic rings. The second-order valence-corrected chi connectivity index (χ2v) is 11.2. The maximum Gasteiger partial charge on any atom is 0.274 e. The molecule has 6 rings (SSSR count). The summed E-state index contributed by atoms with van der Waals surface area (Å²) in [6, 6.07) is 25.5. The number of aromatic nitrogens is 4. The minimum absolute atomic E-state index is 0.0300. The van der Waals surface area contributed by atoms with Crippen molar-refractivity contribution in [2.24, 2.45) is 0 Å². The maximum atomic E-state index is 14.4. The van der Waals surface area contributed by atoms with Gasteiger partial charge in [-0.25, -0.2) is 4.68 Å². The molecule has 11 nitrogen and oxygen atoms in total. The average Bonchev–Trinajstić information content (AvgIpc) is 3.51. The average molecular weight is 618 g/mol. The molecule has 1 aliphatic rings. The molecule has 3 amide bonds. The molecule has 2 heterocycles. The second-order valence-electron chi connectivity index (χ2n) is 11.2. The van der Waals surface area contributed by atoms with Crippen LogP contribution in [0.1, 0.15) is 54.2 Å². The van der Waals surface area contributed by atoms with E-state index in [1.54, 1.807) is 80.0 Å². The molecule has 3 aromatic carbocycles. The van der Waals surface area contributed by atoms with Crippen LogP contribution >= 0.6 is 0 Å². The van der Waals surface area contributed by atoms with Crippen LogP contribution in [0.3, 0.4) is 0 Å². The Morgan fingerprint density at radius 1 is 0.913 bits per heavy atom. The number of amides is 3. The van der Waals surface area contributed by atoms with E-state index in [0.717, 1.165) is 32.1 Å². The molecule has 46 heavy (non-hydrogen) atoms. The van der Waals surface area contributed by atoms with Crippen LogP contribution in [0.2, 0.25) is 0 Å². The highest BCUT2D eigenvalue weighted by atomic mass is 16.5. The van der Waals surface area contributed by atoms with Crippen LogP contribution in [0.25, 0.3) is 11.0 Å².